The van der Waals surface area contributed by atoms with Crippen molar-refractivity contribution in [1.29, 1.82) is 0 Å². The van der Waals surface area contributed by atoms with Gasteiger partial charge in [0.1, 0.15) is 0 Å². The van der Waals surface area contributed by atoms with E-state index in [4.69, 9.17) is 10.5 Å². The smallest absolute Gasteiger partial charge is 0.188 e. The summed E-state index contributed by atoms with van der Waals surface area (Å²) in [5, 5.41) is 3.13. The van der Waals surface area contributed by atoms with E-state index in [2.05, 4.69) is 42.2 Å². The molecule has 0 saturated heterocycles. The molecule has 0 aromatic heterocycles. The van der Waals surface area contributed by atoms with Crippen molar-refractivity contribution in [3.63, 3.8) is 0 Å². The van der Waals surface area contributed by atoms with Gasteiger partial charge in [0.25, 0.3) is 0 Å². The Kier molecular flexibility index (Phi) is 12.5. The summed E-state index contributed by atoms with van der Waals surface area (Å²) in [7, 11) is 0. The van der Waals surface area contributed by atoms with E-state index >= 15 is 0 Å². The van der Waals surface area contributed by atoms with Gasteiger partial charge in [0.05, 0.1) is 6.54 Å². The van der Waals surface area contributed by atoms with Gasteiger partial charge in [-0.2, -0.15) is 0 Å². The molecule has 5 nitrogen and oxygen atoms in total. The highest BCUT2D eigenvalue weighted by Crippen LogP contribution is 2.11. The number of nitrogens with zero attached hydrogens (tertiary/aromatic N) is 2. The molecule has 1 unspecified atom stereocenters. The summed E-state index contributed by atoms with van der Waals surface area (Å²) in [6, 6.07) is 0.319. The topological polar surface area (TPSA) is 62.9 Å². The molecule has 0 fully saturated rings. The average molecular weight is 310 g/mol. The number of guanidine groups is 1. The first-order valence-electron chi connectivity index (χ1n) is 8.14. The second-order valence-electron chi connectivity index (χ2n) is 5.55. The number of ether oxygens (including phenoxy) is 1. The van der Waals surface area contributed by atoms with Gasteiger partial charge in [-0.05, 0) is 19.3 Å². The molecule has 0 rings (SSSR count). The fourth-order valence-corrected chi connectivity index (χ4v) is 2.21. The van der Waals surface area contributed by atoms with Crippen molar-refractivity contribution < 1.29 is 4.74 Å². The highest BCUT2D eigenvalue weighted by atomic mass is 16.5. The number of hydrogen-bond acceptors (Lipinski definition) is 3. The predicted octanol–water partition coefficient (Wildman–Crippen LogP) is 2.02. The number of aliphatic imine (C=N–C) groups is 1. The van der Waals surface area contributed by atoms with Gasteiger partial charge in [0, 0.05) is 38.9 Å². The third-order valence-corrected chi connectivity index (χ3v) is 3.39. The van der Waals surface area contributed by atoms with Gasteiger partial charge in [-0.3, -0.25) is 9.89 Å². The molecule has 3 N–H and O–H groups in total. The highest BCUT2D eigenvalue weighted by Gasteiger charge is 2.19. The molecule has 1 atom stereocenters. The molecule has 0 spiro atoms. The minimum atomic E-state index is 0.319. The zero-order valence-electron chi connectivity index (χ0n) is 14.6. The Labute approximate surface area is 136 Å². The van der Waals surface area contributed by atoms with E-state index in [1.165, 1.54) is 0 Å². The third kappa shape index (κ3) is 9.58. The SMILES string of the molecule is C=CCN(CC=C)C(CN=C(N)NCCCOCC)C(C)C. The first-order valence-corrected chi connectivity index (χ1v) is 8.14. The maximum atomic E-state index is 5.92. The van der Waals surface area contributed by atoms with Crippen molar-refractivity contribution in [3.05, 3.63) is 25.3 Å². The van der Waals surface area contributed by atoms with Crippen molar-refractivity contribution in [2.24, 2.45) is 16.6 Å². The molecule has 22 heavy (non-hydrogen) atoms. The summed E-state index contributed by atoms with van der Waals surface area (Å²) in [4.78, 5) is 6.80. The van der Waals surface area contributed by atoms with Gasteiger partial charge in [-0.25, -0.2) is 0 Å². The lowest BCUT2D eigenvalue weighted by molar-refractivity contribution is 0.145. The van der Waals surface area contributed by atoms with Crippen LogP contribution in [-0.4, -0.2) is 56.3 Å². The maximum absolute atomic E-state index is 5.92. The number of rotatable bonds is 13. The molecule has 0 aromatic rings. The van der Waals surface area contributed by atoms with Crippen LogP contribution in [0.2, 0.25) is 0 Å². The van der Waals surface area contributed by atoms with Gasteiger partial charge in [-0.1, -0.05) is 26.0 Å². The van der Waals surface area contributed by atoms with Gasteiger partial charge in [-0.15, -0.1) is 13.2 Å². The molecule has 128 valence electrons. The Balaban J connectivity index is 4.38. The van der Waals surface area contributed by atoms with Crippen molar-refractivity contribution in [1.82, 2.24) is 10.2 Å². The molecule has 0 aromatic carbocycles. The van der Waals surface area contributed by atoms with Crippen LogP contribution in [0.4, 0.5) is 0 Å². The first kappa shape index (κ1) is 20.7. The molecule has 0 heterocycles. The summed E-state index contributed by atoms with van der Waals surface area (Å²) in [6.45, 7) is 18.6. The Bertz CT molecular complexity index is 319. The Morgan fingerprint density at radius 2 is 1.95 bits per heavy atom. The highest BCUT2D eigenvalue weighted by molar-refractivity contribution is 5.77. The Hall–Kier alpha value is -1.33. The normalized spacial score (nSPS) is 13.4. The van der Waals surface area contributed by atoms with E-state index < -0.39 is 0 Å². The maximum Gasteiger partial charge on any atom is 0.188 e. The van der Waals surface area contributed by atoms with Crippen molar-refractivity contribution in [2.75, 3.05) is 39.4 Å². The van der Waals surface area contributed by atoms with Crippen LogP contribution >= 0.6 is 0 Å². The number of nitrogens with two attached hydrogens (primary N) is 1. The lowest BCUT2D eigenvalue weighted by atomic mass is 10.0. The summed E-state index contributed by atoms with van der Waals surface area (Å²) >= 11 is 0. The second kappa shape index (κ2) is 13.3. The zero-order chi connectivity index (χ0) is 16.8. The lowest BCUT2D eigenvalue weighted by Gasteiger charge is -2.31. The largest absolute Gasteiger partial charge is 0.382 e. The minimum Gasteiger partial charge on any atom is -0.382 e. The van der Waals surface area contributed by atoms with Crippen LogP contribution in [0.15, 0.2) is 30.3 Å². The van der Waals surface area contributed by atoms with E-state index in [9.17, 15) is 0 Å². The molecule has 0 amide bonds. The number of hydrogen-bond donors (Lipinski definition) is 2. The van der Waals surface area contributed by atoms with Gasteiger partial charge in [0.15, 0.2) is 5.96 Å². The molecule has 5 heteroatoms. The van der Waals surface area contributed by atoms with Crippen LogP contribution in [0.5, 0.6) is 0 Å². The van der Waals surface area contributed by atoms with Crippen molar-refractivity contribution in [3.8, 4) is 0 Å². The van der Waals surface area contributed by atoms with Crippen molar-refractivity contribution >= 4 is 5.96 Å². The zero-order valence-corrected chi connectivity index (χ0v) is 14.6. The first-order chi connectivity index (χ1) is 10.6. The van der Waals surface area contributed by atoms with Gasteiger partial charge >= 0.3 is 0 Å². The molecule has 0 aliphatic heterocycles. The van der Waals surface area contributed by atoms with Crippen LogP contribution in [-0.2, 0) is 4.74 Å². The monoisotopic (exact) mass is 310 g/mol. The van der Waals surface area contributed by atoms with Crippen LogP contribution in [0.1, 0.15) is 27.2 Å². The summed E-state index contributed by atoms with van der Waals surface area (Å²) in [5.41, 5.74) is 5.92. The molecule has 0 aliphatic rings. The van der Waals surface area contributed by atoms with E-state index in [1.807, 2.05) is 19.1 Å². The van der Waals surface area contributed by atoms with Crippen LogP contribution in [0, 0.1) is 5.92 Å². The summed E-state index contributed by atoms with van der Waals surface area (Å²) < 4.78 is 5.28. The fraction of sp³-hybridized carbons (Fsp3) is 0.706. The van der Waals surface area contributed by atoms with Gasteiger partial charge < -0.3 is 15.8 Å². The minimum absolute atomic E-state index is 0.319. The van der Waals surface area contributed by atoms with Crippen LogP contribution in [0.25, 0.3) is 0 Å². The standard InChI is InChI=1S/C17H34N4O/c1-6-11-21(12-7-2)16(15(4)5)14-20-17(18)19-10-9-13-22-8-3/h6-7,15-16H,1-2,8-14H2,3-5H3,(H3,18,19,20). The predicted molar refractivity (Wildman–Crippen MR) is 96.2 cm³/mol. The van der Waals surface area contributed by atoms with E-state index in [-0.39, 0.29) is 0 Å². The van der Waals surface area contributed by atoms with E-state index in [0.717, 1.165) is 39.3 Å². The molecular formula is C17H34N4O. The summed E-state index contributed by atoms with van der Waals surface area (Å²) in [6.07, 6.45) is 4.76. The molecular weight excluding hydrogens is 276 g/mol. The third-order valence-electron chi connectivity index (χ3n) is 3.39. The molecule has 0 aliphatic carbocycles. The van der Waals surface area contributed by atoms with E-state index in [0.29, 0.717) is 24.5 Å². The quantitative estimate of drug-likeness (QED) is 0.236. The number of nitrogens with one attached hydrogen (secondary N) is 1. The second-order valence-corrected chi connectivity index (χ2v) is 5.55. The summed E-state index contributed by atoms with van der Waals surface area (Å²) in [5.74, 6) is 0.980. The Morgan fingerprint density at radius 1 is 1.32 bits per heavy atom. The molecule has 0 radical (unpaired) electrons. The van der Waals surface area contributed by atoms with Crippen LogP contribution < -0.4 is 11.1 Å². The molecule has 0 saturated carbocycles. The van der Waals surface area contributed by atoms with E-state index in [1.54, 1.807) is 0 Å². The van der Waals surface area contributed by atoms with Gasteiger partial charge in [0.2, 0.25) is 0 Å². The fourth-order valence-electron chi connectivity index (χ4n) is 2.21. The lowest BCUT2D eigenvalue weighted by Crippen LogP contribution is -2.42. The average Bonchev–Trinajstić information content (AvgIpc) is 2.47. The van der Waals surface area contributed by atoms with Crippen molar-refractivity contribution in [2.45, 2.75) is 33.2 Å². The molecule has 0 bridgehead atoms. The van der Waals surface area contributed by atoms with Crippen LogP contribution in [0.3, 0.4) is 0 Å². The Morgan fingerprint density at radius 3 is 2.45 bits per heavy atom.